The lowest BCUT2D eigenvalue weighted by Gasteiger charge is -2.13. The molecule has 0 heterocycles. The first-order valence-corrected chi connectivity index (χ1v) is 5.52. The second-order valence-corrected chi connectivity index (χ2v) is 3.83. The monoisotopic (exact) mass is 239 g/mol. The van der Waals surface area contributed by atoms with E-state index in [4.69, 9.17) is 17.1 Å². The van der Waals surface area contributed by atoms with Crippen LogP contribution in [0.2, 0.25) is 0 Å². The molecule has 88 valence electrons. The first-order chi connectivity index (χ1) is 7.63. The van der Waals surface area contributed by atoms with Crippen molar-refractivity contribution in [2.45, 2.75) is 6.92 Å². The minimum absolute atomic E-state index is 0.346. The van der Waals surface area contributed by atoms with Crippen molar-refractivity contribution in [3.05, 3.63) is 24.3 Å². The molecule has 0 amide bonds. The summed E-state index contributed by atoms with van der Waals surface area (Å²) in [7, 11) is 4.00. The molecule has 0 bridgehead atoms. The van der Waals surface area contributed by atoms with Gasteiger partial charge in [-0.15, -0.1) is 0 Å². The fraction of sp³-hybridized carbons (Fsp3) is 0.364. The molecule has 0 aromatic heterocycles. The molecule has 0 fully saturated rings. The Bertz CT molecular complexity index is 338. The number of hydrogen-bond acceptors (Lipinski definition) is 4. The molecule has 2 N–H and O–H groups in total. The first kappa shape index (κ1) is 12.6. The number of nitrogens with one attached hydrogen (secondary N) is 2. The number of benzene rings is 1. The van der Waals surface area contributed by atoms with Crippen LogP contribution in [0.5, 0.6) is 0 Å². The van der Waals surface area contributed by atoms with Crippen LogP contribution in [-0.4, -0.2) is 25.8 Å². The van der Waals surface area contributed by atoms with Crippen molar-refractivity contribution in [3.8, 4) is 0 Å². The molecule has 0 aliphatic heterocycles. The number of anilines is 2. The van der Waals surface area contributed by atoms with E-state index in [9.17, 15) is 0 Å². The van der Waals surface area contributed by atoms with Crippen molar-refractivity contribution in [1.29, 1.82) is 0 Å². The van der Waals surface area contributed by atoms with Gasteiger partial charge in [-0.25, -0.2) is 5.48 Å². The molecular weight excluding hydrogens is 222 g/mol. The van der Waals surface area contributed by atoms with Crippen LogP contribution in [0.4, 0.5) is 11.4 Å². The van der Waals surface area contributed by atoms with Crippen LogP contribution in [0, 0.1) is 0 Å². The SMILES string of the molecule is CCNC(=S)ONc1ccc(N(C)C)cc1. The largest absolute Gasteiger partial charge is 0.378 e. The van der Waals surface area contributed by atoms with Gasteiger partial charge in [0.05, 0.1) is 5.69 Å². The van der Waals surface area contributed by atoms with Gasteiger partial charge >= 0.3 is 0 Å². The van der Waals surface area contributed by atoms with Crippen LogP contribution in [-0.2, 0) is 4.84 Å². The van der Waals surface area contributed by atoms with Gasteiger partial charge in [-0.2, -0.15) is 0 Å². The number of hydrogen-bond donors (Lipinski definition) is 2. The zero-order valence-electron chi connectivity index (χ0n) is 9.78. The highest BCUT2D eigenvalue weighted by Crippen LogP contribution is 2.15. The molecule has 0 aliphatic carbocycles. The minimum Gasteiger partial charge on any atom is -0.378 e. The molecule has 0 saturated carbocycles. The average Bonchev–Trinajstić information content (AvgIpc) is 2.27. The Balaban J connectivity index is 2.46. The van der Waals surface area contributed by atoms with Gasteiger partial charge in [-0.1, -0.05) is 0 Å². The summed E-state index contributed by atoms with van der Waals surface area (Å²) in [5, 5.41) is 3.23. The van der Waals surface area contributed by atoms with E-state index < -0.39 is 0 Å². The highest BCUT2D eigenvalue weighted by atomic mass is 32.1. The van der Waals surface area contributed by atoms with Gasteiger partial charge in [-0.3, -0.25) is 0 Å². The van der Waals surface area contributed by atoms with Gasteiger partial charge in [-0.05, 0) is 43.4 Å². The summed E-state index contributed by atoms with van der Waals surface area (Å²) in [6.07, 6.45) is 0. The van der Waals surface area contributed by atoms with Crippen molar-refractivity contribution in [2.75, 3.05) is 31.0 Å². The maximum atomic E-state index is 5.13. The van der Waals surface area contributed by atoms with E-state index in [0.717, 1.165) is 17.9 Å². The molecule has 4 nitrogen and oxygen atoms in total. The summed E-state index contributed by atoms with van der Waals surface area (Å²) in [5.74, 6) is 0. The number of rotatable bonds is 4. The lowest BCUT2D eigenvalue weighted by Crippen LogP contribution is -2.25. The lowest BCUT2D eigenvalue weighted by molar-refractivity contribution is 0.385. The van der Waals surface area contributed by atoms with Crippen molar-refractivity contribution in [1.82, 2.24) is 5.32 Å². The second-order valence-electron chi connectivity index (χ2n) is 3.46. The minimum atomic E-state index is 0.346. The number of nitrogens with zero attached hydrogens (tertiary/aromatic N) is 1. The molecule has 1 rings (SSSR count). The van der Waals surface area contributed by atoms with Crippen LogP contribution in [0.15, 0.2) is 24.3 Å². The van der Waals surface area contributed by atoms with Gasteiger partial charge in [0.25, 0.3) is 5.17 Å². The van der Waals surface area contributed by atoms with Crippen LogP contribution in [0.25, 0.3) is 0 Å². The van der Waals surface area contributed by atoms with Gasteiger partial charge in [0.15, 0.2) is 0 Å². The predicted octanol–water partition coefficient (Wildman–Crippen LogP) is 1.99. The van der Waals surface area contributed by atoms with E-state index in [0.29, 0.717) is 5.17 Å². The Kier molecular flexibility index (Phi) is 4.85. The molecule has 1 aromatic rings. The molecule has 0 spiro atoms. The molecule has 1 aromatic carbocycles. The molecule has 0 saturated heterocycles. The molecule has 5 heteroatoms. The quantitative estimate of drug-likeness (QED) is 0.621. The normalized spacial score (nSPS) is 9.44. The van der Waals surface area contributed by atoms with Crippen molar-refractivity contribution >= 4 is 28.8 Å². The van der Waals surface area contributed by atoms with E-state index >= 15 is 0 Å². The Labute approximate surface area is 102 Å². The van der Waals surface area contributed by atoms with Gasteiger partial charge < -0.3 is 15.1 Å². The van der Waals surface area contributed by atoms with Crippen molar-refractivity contribution < 1.29 is 4.84 Å². The smallest absolute Gasteiger partial charge is 0.286 e. The number of thiocarbonyl (C=S) groups is 1. The fourth-order valence-corrected chi connectivity index (χ4v) is 1.30. The third kappa shape index (κ3) is 3.94. The van der Waals surface area contributed by atoms with E-state index in [1.54, 1.807) is 0 Å². The van der Waals surface area contributed by atoms with Gasteiger partial charge in [0.2, 0.25) is 0 Å². The molecular formula is C11H17N3OS. The summed E-state index contributed by atoms with van der Waals surface area (Å²) in [4.78, 5) is 7.16. The van der Waals surface area contributed by atoms with Crippen molar-refractivity contribution in [2.24, 2.45) is 0 Å². The Morgan fingerprint density at radius 3 is 2.44 bits per heavy atom. The topological polar surface area (TPSA) is 36.5 Å². The molecule has 0 radical (unpaired) electrons. The Hall–Kier alpha value is -1.49. The highest BCUT2D eigenvalue weighted by molar-refractivity contribution is 7.80. The van der Waals surface area contributed by atoms with Crippen LogP contribution in [0.1, 0.15) is 6.92 Å². The van der Waals surface area contributed by atoms with E-state index in [-0.39, 0.29) is 0 Å². The Morgan fingerprint density at radius 1 is 1.31 bits per heavy atom. The summed E-state index contributed by atoms with van der Waals surface area (Å²) < 4.78 is 0. The van der Waals surface area contributed by atoms with E-state index in [2.05, 4.69) is 10.8 Å². The zero-order valence-corrected chi connectivity index (χ0v) is 10.6. The molecule has 0 unspecified atom stereocenters. The third-order valence-electron chi connectivity index (χ3n) is 1.97. The first-order valence-electron chi connectivity index (χ1n) is 5.11. The second kappa shape index (κ2) is 6.17. The van der Waals surface area contributed by atoms with E-state index in [1.807, 2.05) is 50.2 Å². The molecule has 16 heavy (non-hydrogen) atoms. The molecule has 0 atom stereocenters. The summed E-state index contributed by atoms with van der Waals surface area (Å²) >= 11 is 4.92. The molecule has 0 aliphatic rings. The van der Waals surface area contributed by atoms with Crippen molar-refractivity contribution in [3.63, 3.8) is 0 Å². The van der Waals surface area contributed by atoms with Gasteiger partial charge in [0.1, 0.15) is 0 Å². The fourth-order valence-electron chi connectivity index (χ4n) is 1.11. The maximum absolute atomic E-state index is 5.13. The summed E-state index contributed by atoms with van der Waals surface area (Å²) in [5.41, 5.74) is 4.78. The average molecular weight is 239 g/mol. The van der Waals surface area contributed by atoms with Crippen LogP contribution in [0.3, 0.4) is 0 Å². The van der Waals surface area contributed by atoms with Gasteiger partial charge in [0, 0.05) is 26.3 Å². The third-order valence-corrected chi connectivity index (χ3v) is 2.19. The Morgan fingerprint density at radius 2 is 1.94 bits per heavy atom. The van der Waals surface area contributed by atoms with Crippen LogP contribution < -0.4 is 15.7 Å². The standard InChI is InChI=1S/C11H17N3OS/c1-4-12-11(16)15-13-9-5-7-10(8-6-9)14(2)3/h5-8,13H,4H2,1-3H3,(H,12,16). The maximum Gasteiger partial charge on any atom is 0.286 e. The lowest BCUT2D eigenvalue weighted by atomic mass is 10.3. The highest BCUT2D eigenvalue weighted by Gasteiger charge is 1.97. The zero-order chi connectivity index (χ0) is 12.0. The van der Waals surface area contributed by atoms with Crippen LogP contribution >= 0.6 is 12.2 Å². The predicted molar refractivity (Wildman–Crippen MR) is 71.8 cm³/mol. The van der Waals surface area contributed by atoms with E-state index in [1.165, 1.54) is 0 Å². The summed E-state index contributed by atoms with van der Waals surface area (Å²) in [6.45, 7) is 2.71. The summed E-state index contributed by atoms with van der Waals surface area (Å²) in [6, 6.07) is 7.87.